The number of ether oxygens (including phenoxy) is 2. The molecule has 0 aliphatic carbocycles. The topological polar surface area (TPSA) is 102 Å². The number of piperidine rings is 1. The summed E-state index contributed by atoms with van der Waals surface area (Å²) in [5.74, 6) is -0.769. The van der Waals surface area contributed by atoms with Crippen molar-refractivity contribution in [1.82, 2.24) is 4.31 Å². The van der Waals surface area contributed by atoms with Gasteiger partial charge in [-0.05, 0) is 37.5 Å². The summed E-state index contributed by atoms with van der Waals surface area (Å²) in [6, 6.07) is 4.41. The van der Waals surface area contributed by atoms with E-state index in [0.29, 0.717) is 25.2 Å². The van der Waals surface area contributed by atoms with Gasteiger partial charge in [0.1, 0.15) is 10.6 Å². The number of methoxy groups -OCH3 is 1. The van der Waals surface area contributed by atoms with E-state index in [4.69, 9.17) is 9.47 Å². The summed E-state index contributed by atoms with van der Waals surface area (Å²) in [6.07, 6.45) is 3.53. The van der Waals surface area contributed by atoms with Gasteiger partial charge >= 0.3 is 5.97 Å². The molecule has 1 N–H and O–H groups in total. The fraction of sp³-hybridized carbons (Fsp3) is 0.556. The predicted molar refractivity (Wildman–Crippen MR) is 100 cm³/mol. The normalized spacial score (nSPS) is 15.2. The molecule has 1 aromatic carbocycles. The molecule has 27 heavy (non-hydrogen) atoms. The van der Waals surface area contributed by atoms with Crippen LogP contribution in [0.15, 0.2) is 23.1 Å². The Bertz CT molecular complexity index is 772. The van der Waals surface area contributed by atoms with E-state index in [1.54, 1.807) is 6.07 Å². The van der Waals surface area contributed by atoms with Crippen LogP contribution in [0.3, 0.4) is 0 Å². The second-order valence-electron chi connectivity index (χ2n) is 6.29. The number of nitrogens with zero attached hydrogens (tertiary/aromatic N) is 1. The first-order chi connectivity index (χ1) is 12.9. The molecule has 0 spiro atoms. The van der Waals surface area contributed by atoms with Crippen LogP contribution in [-0.4, -0.2) is 51.4 Å². The summed E-state index contributed by atoms with van der Waals surface area (Å²) >= 11 is 0. The Labute approximate surface area is 159 Å². The van der Waals surface area contributed by atoms with E-state index in [1.165, 1.54) is 23.5 Å². The molecule has 8 nitrogen and oxygen atoms in total. The van der Waals surface area contributed by atoms with Gasteiger partial charge in [-0.1, -0.05) is 13.3 Å². The molecule has 0 atom stereocenters. The van der Waals surface area contributed by atoms with E-state index in [2.05, 4.69) is 5.32 Å². The zero-order chi connectivity index (χ0) is 19.9. The largest absolute Gasteiger partial charge is 0.495 e. The first-order valence-electron chi connectivity index (χ1n) is 9.02. The van der Waals surface area contributed by atoms with Crippen molar-refractivity contribution in [2.24, 2.45) is 0 Å². The number of anilines is 1. The standard InChI is InChI=1S/C18H26N2O6S/c1-3-7-18(22)26-13-17(21)19-14-8-9-15(25-2)16(12-14)27(23,24)20-10-5-4-6-11-20/h8-9,12H,3-7,10-11,13H2,1-2H3,(H,19,21). The first kappa shape index (κ1) is 21.2. The van der Waals surface area contributed by atoms with Gasteiger partial charge in [0.05, 0.1) is 7.11 Å². The average Bonchev–Trinajstić information content (AvgIpc) is 2.67. The van der Waals surface area contributed by atoms with Crippen LogP contribution in [0.25, 0.3) is 0 Å². The van der Waals surface area contributed by atoms with Crippen molar-refractivity contribution in [3.05, 3.63) is 18.2 Å². The lowest BCUT2D eigenvalue weighted by Gasteiger charge is -2.26. The summed E-state index contributed by atoms with van der Waals surface area (Å²) < 4.78 is 37.4. The Morgan fingerprint density at radius 2 is 1.89 bits per heavy atom. The molecule has 9 heteroatoms. The van der Waals surface area contributed by atoms with Crippen LogP contribution in [0.1, 0.15) is 39.0 Å². The monoisotopic (exact) mass is 398 g/mol. The smallest absolute Gasteiger partial charge is 0.306 e. The SMILES string of the molecule is CCCC(=O)OCC(=O)Nc1ccc(OC)c(S(=O)(=O)N2CCCCC2)c1. The second-order valence-corrected chi connectivity index (χ2v) is 8.20. The van der Waals surface area contributed by atoms with Crippen LogP contribution in [0.4, 0.5) is 5.69 Å². The minimum atomic E-state index is -3.72. The Morgan fingerprint density at radius 1 is 1.19 bits per heavy atom. The Morgan fingerprint density at radius 3 is 2.52 bits per heavy atom. The van der Waals surface area contributed by atoms with Gasteiger partial charge in [-0.2, -0.15) is 4.31 Å². The molecular formula is C18H26N2O6S. The zero-order valence-electron chi connectivity index (χ0n) is 15.7. The summed E-state index contributed by atoms with van der Waals surface area (Å²) in [7, 11) is -2.33. The molecule has 0 bridgehead atoms. The highest BCUT2D eigenvalue weighted by Crippen LogP contribution is 2.31. The van der Waals surface area contributed by atoms with Gasteiger partial charge < -0.3 is 14.8 Å². The van der Waals surface area contributed by atoms with E-state index in [1.807, 2.05) is 6.92 Å². The maximum atomic E-state index is 13.0. The number of esters is 1. The van der Waals surface area contributed by atoms with Crippen LogP contribution >= 0.6 is 0 Å². The van der Waals surface area contributed by atoms with E-state index >= 15 is 0 Å². The highest BCUT2D eigenvalue weighted by molar-refractivity contribution is 7.89. The molecular weight excluding hydrogens is 372 g/mol. The highest BCUT2D eigenvalue weighted by Gasteiger charge is 2.29. The Hall–Kier alpha value is -2.13. The van der Waals surface area contributed by atoms with E-state index < -0.39 is 28.5 Å². The van der Waals surface area contributed by atoms with Crippen LogP contribution in [0, 0.1) is 0 Å². The molecule has 0 aromatic heterocycles. The number of hydrogen-bond acceptors (Lipinski definition) is 6. The molecule has 0 unspecified atom stereocenters. The van der Waals surface area contributed by atoms with Crippen molar-refractivity contribution in [3.8, 4) is 5.75 Å². The first-order valence-corrected chi connectivity index (χ1v) is 10.5. The third kappa shape index (κ3) is 5.67. The number of carbonyl (C=O) groups is 2. The van der Waals surface area contributed by atoms with Gasteiger partial charge in [0, 0.05) is 25.2 Å². The molecule has 0 radical (unpaired) electrons. The molecule has 1 heterocycles. The number of carbonyl (C=O) groups excluding carboxylic acids is 2. The number of amides is 1. The molecule has 1 saturated heterocycles. The minimum absolute atomic E-state index is 0.00711. The molecule has 1 amide bonds. The van der Waals surface area contributed by atoms with Gasteiger partial charge in [-0.15, -0.1) is 0 Å². The lowest BCUT2D eigenvalue weighted by molar-refractivity contribution is -0.147. The van der Waals surface area contributed by atoms with Gasteiger partial charge in [0.15, 0.2) is 6.61 Å². The maximum Gasteiger partial charge on any atom is 0.306 e. The zero-order valence-corrected chi connectivity index (χ0v) is 16.5. The molecule has 1 aliphatic heterocycles. The number of rotatable bonds is 8. The van der Waals surface area contributed by atoms with E-state index in [0.717, 1.165) is 19.3 Å². The number of hydrogen-bond donors (Lipinski definition) is 1. The molecule has 1 fully saturated rings. The summed E-state index contributed by atoms with van der Waals surface area (Å²) in [6.45, 7) is 2.35. The third-order valence-corrected chi connectivity index (χ3v) is 6.12. The highest BCUT2D eigenvalue weighted by atomic mass is 32.2. The van der Waals surface area contributed by atoms with Crippen LogP contribution < -0.4 is 10.1 Å². The number of benzene rings is 1. The van der Waals surface area contributed by atoms with E-state index in [-0.39, 0.29) is 17.1 Å². The van der Waals surface area contributed by atoms with Gasteiger partial charge in [-0.25, -0.2) is 8.42 Å². The summed E-state index contributed by atoms with van der Waals surface area (Å²) in [4.78, 5) is 23.3. The minimum Gasteiger partial charge on any atom is -0.495 e. The van der Waals surface area contributed by atoms with Crippen molar-refractivity contribution in [1.29, 1.82) is 0 Å². The van der Waals surface area contributed by atoms with Crippen LogP contribution in [0.2, 0.25) is 0 Å². The lowest BCUT2D eigenvalue weighted by Crippen LogP contribution is -2.35. The van der Waals surface area contributed by atoms with Crippen molar-refractivity contribution >= 4 is 27.6 Å². The van der Waals surface area contributed by atoms with Crippen molar-refractivity contribution in [2.45, 2.75) is 43.9 Å². The fourth-order valence-electron chi connectivity index (χ4n) is 2.82. The number of nitrogens with one attached hydrogen (secondary N) is 1. The second kappa shape index (κ2) is 9.70. The molecule has 1 aromatic rings. The fourth-order valence-corrected chi connectivity index (χ4v) is 4.52. The van der Waals surface area contributed by atoms with Gasteiger partial charge in [0.25, 0.3) is 5.91 Å². The molecule has 2 rings (SSSR count). The molecule has 1 aliphatic rings. The van der Waals surface area contributed by atoms with Crippen LogP contribution in [0.5, 0.6) is 5.75 Å². The Balaban J connectivity index is 2.14. The third-order valence-electron chi connectivity index (χ3n) is 4.20. The van der Waals surface area contributed by atoms with Crippen molar-refractivity contribution in [2.75, 3.05) is 32.1 Å². The number of sulfonamides is 1. The lowest BCUT2D eigenvalue weighted by atomic mass is 10.2. The quantitative estimate of drug-likeness (QED) is 0.673. The Kier molecular flexibility index (Phi) is 7.61. The average molecular weight is 398 g/mol. The van der Waals surface area contributed by atoms with Crippen molar-refractivity contribution in [3.63, 3.8) is 0 Å². The van der Waals surface area contributed by atoms with Crippen LogP contribution in [-0.2, 0) is 24.3 Å². The molecule has 0 saturated carbocycles. The summed E-state index contributed by atoms with van der Waals surface area (Å²) in [5, 5.41) is 2.55. The van der Waals surface area contributed by atoms with Gasteiger partial charge in [-0.3, -0.25) is 9.59 Å². The summed E-state index contributed by atoms with van der Waals surface area (Å²) in [5.41, 5.74) is 0.294. The predicted octanol–water partition coefficient (Wildman–Crippen LogP) is 2.15. The van der Waals surface area contributed by atoms with Gasteiger partial charge in [0.2, 0.25) is 10.0 Å². The van der Waals surface area contributed by atoms with Crippen molar-refractivity contribution < 1.29 is 27.5 Å². The molecule has 150 valence electrons. The maximum absolute atomic E-state index is 13.0. The van der Waals surface area contributed by atoms with E-state index in [9.17, 15) is 18.0 Å².